The molecule has 0 saturated heterocycles. The van der Waals surface area contributed by atoms with Gasteiger partial charge >= 0.3 is 12.1 Å². The smallest absolute Gasteiger partial charge is 0.408 e. The minimum absolute atomic E-state index is 0.0117. The average Bonchev–Trinajstić information content (AvgIpc) is 2.47. The number of benzene rings is 1. The molecule has 0 unspecified atom stereocenters. The quantitative estimate of drug-likeness (QED) is 0.676. The van der Waals surface area contributed by atoms with Crippen molar-refractivity contribution in [3.63, 3.8) is 0 Å². The van der Waals surface area contributed by atoms with Crippen LogP contribution in [0.4, 0.5) is 9.18 Å². The van der Waals surface area contributed by atoms with Gasteiger partial charge in [0.15, 0.2) is 0 Å². The maximum atomic E-state index is 14.3. The monoisotopic (exact) mass is 401 g/mol. The molecule has 0 heterocycles. The molecule has 0 fully saturated rings. The highest BCUT2D eigenvalue weighted by atomic mass is 35.5. The Hall–Kier alpha value is -1.82. The molecule has 0 bridgehead atoms. The van der Waals surface area contributed by atoms with E-state index in [2.05, 4.69) is 5.32 Å². The second kappa shape index (κ2) is 9.40. The van der Waals surface area contributed by atoms with Crippen LogP contribution in [0.25, 0.3) is 0 Å². The van der Waals surface area contributed by atoms with Crippen LogP contribution in [0.1, 0.15) is 59.9 Å². The van der Waals surface area contributed by atoms with Gasteiger partial charge < -0.3 is 14.8 Å². The number of rotatable bonds is 6. The number of carbonyl (C=O) groups is 2. The van der Waals surface area contributed by atoms with Gasteiger partial charge in [-0.15, -0.1) is 0 Å². The zero-order chi connectivity index (χ0) is 20.9. The molecule has 0 aromatic heterocycles. The van der Waals surface area contributed by atoms with Crippen molar-refractivity contribution >= 4 is 23.7 Å². The van der Waals surface area contributed by atoms with Gasteiger partial charge in [-0.3, -0.25) is 0 Å². The highest BCUT2D eigenvalue weighted by Gasteiger charge is 2.30. The molecule has 1 amide bonds. The summed E-state index contributed by atoms with van der Waals surface area (Å²) in [4.78, 5) is 24.1. The molecule has 3 atom stereocenters. The molecule has 5 nitrogen and oxygen atoms in total. The zero-order valence-corrected chi connectivity index (χ0v) is 17.7. The molecular weight excluding hydrogens is 373 g/mol. The summed E-state index contributed by atoms with van der Waals surface area (Å²) in [5.74, 6) is -1.41. The number of alkyl carbamates (subject to hydrolysis) is 1. The first-order chi connectivity index (χ1) is 12.3. The van der Waals surface area contributed by atoms with E-state index < -0.39 is 35.6 Å². The van der Waals surface area contributed by atoms with E-state index in [0.29, 0.717) is 10.6 Å². The van der Waals surface area contributed by atoms with Crippen LogP contribution in [0, 0.1) is 11.7 Å². The first-order valence-electron chi connectivity index (χ1n) is 8.96. The third-order valence-electron chi connectivity index (χ3n) is 3.93. The van der Waals surface area contributed by atoms with Crippen molar-refractivity contribution in [1.29, 1.82) is 0 Å². The minimum Gasteiger partial charge on any atom is -0.460 e. The van der Waals surface area contributed by atoms with Crippen molar-refractivity contribution in [2.45, 2.75) is 72.1 Å². The zero-order valence-electron chi connectivity index (χ0n) is 16.9. The highest BCUT2D eigenvalue weighted by Crippen LogP contribution is 2.32. The second-order valence-corrected chi connectivity index (χ2v) is 8.38. The number of hydrogen-bond donors (Lipinski definition) is 1. The van der Waals surface area contributed by atoms with E-state index in [4.69, 9.17) is 21.1 Å². The Kier molecular flexibility index (Phi) is 8.08. The Morgan fingerprint density at radius 3 is 2.22 bits per heavy atom. The van der Waals surface area contributed by atoms with Crippen molar-refractivity contribution in [1.82, 2.24) is 5.32 Å². The van der Waals surface area contributed by atoms with E-state index >= 15 is 0 Å². The van der Waals surface area contributed by atoms with E-state index in [0.717, 1.165) is 0 Å². The molecule has 1 N–H and O–H groups in total. The van der Waals surface area contributed by atoms with Crippen molar-refractivity contribution in [2.24, 2.45) is 5.92 Å². The van der Waals surface area contributed by atoms with Gasteiger partial charge in [0.1, 0.15) is 23.6 Å². The van der Waals surface area contributed by atoms with Gasteiger partial charge in [0, 0.05) is 10.9 Å². The normalized spacial score (nSPS) is 15.0. The largest absolute Gasteiger partial charge is 0.460 e. The predicted octanol–water partition coefficient (Wildman–Crippen LogP) is 5.06. The highest BCUT2D eigenvalue weighted by molar-refractivity contribution is 6.30. The summed E-state index contributed by atoms with van der Waals surface area (Å²) in [7, 11) is 0. The van der Waals surface area contributed by atoms with Crippen LogP contribution in [0.5, 0.6) is 0 Å². The standard InChI is InChI=1S/C20H29ClFNO4/c1-11(2)17(15-9-8-14(21)10-16(15)22)13(4)26-18(24)12(3)23-19(25)27-20(5,6)7/h8-13,17H,1-7H3,(H,23,25)/t12-,13-,17+/m0/s1. The summed E-state index contributed by atoms with van der Waals surface area (Å²) in [5, 5.41) is 2.75. The van der Waals surface area contributed by atoms with E-state index in [-0.39, 0.29) is 11.8 Å². The number of carbonyl (C=O) groups excluding carboxylic acids is 2. The summed E-state index contributed by atoms with van der Waals surface area (Å²) < 4.78 is 25.0. The van der Waals surface area contributed by atoms with Gasteiger partial charge in [0.05, 0.1) is 0 Å². The van der Waals surface area contributed by atoms with Crippen LogP contribution >= 0.6 is 11.6 Å². The maximum absolute atomic E-state index is 14.3. The van der Waals surface area contributed by atoms with Crippen LogP contribution in [-0.4, -0.2) is 29.8 Å². The molecular formula is C20H29ClFNO4. The van der Waals surface area contributed by atoms with Crippen molar-refractivity contribution in [2.75, 3.05) is 0 Å². The number of amides is 1. The molecule has 0 spiro atoms. The van der Waals surface area contributed by atoms with Crippen molar-refractivity contribution < 1.29 is 23.5 Å². The predicted molar refractivity (Wildman–Crippen MR) is 103 cm³/mol. The molecule has 0 aliphatic rings. The lowest BCUT2D eigenvalue weighted by Gasteiger charge is -2.29. The van der Waals surface area contributed by atoms with Crippen LogP contribution < -0.4 is 5.32 Å². The Labute approximate surface area is 165 Å². The van der Waals surface area contributed by atoms with Gasteiger partial charge in [0.2, 0.25) is 0 Å². The average molecular weight is 402 g/mol. The first kappa shape index (κ1) is 23.2. The molecule has 1 aromatic carbocycles. The van der Waals surface area contributed by atoms with Crippen LogP contribution in [0.3, 0.4) is 0 Å². The molecule has 1 aromatic rings. The van der Waals surface area contributed by atoms with Crippen LogP contribution in [0.2, 0.25) is 5.02 Å². The molecule has 0 saturated carbocycles. The van der Waals surface area contributed by atoms with Crippen LogP contribution in [-0.2, 0) is 14.3 Å². The van der Waals surface area contributed by atoms with Crippen molar-refractivity contribution in [3.05, 3.63) is 34.6 Å². The van der Waals surface area contributed by atoms with Gasteiger partial charge in [-0.05, 0) is 58.2 Å². The van der Waals surface area contributed by atoms with E-state index in [9.17, 15) is 14.0 Å². The summed E-state index contributed by atoms with van der Waals surface area (Å²) >= 11 is 5.82. The van der Waals surface area contributed by atoms with Gasteiger partial charge in [-0.25, -0.2) is 14.0 Å². The SMILES string of the molecule is CC(C)[C@@H](c1ccc(Cl)cc1F)[C@H](C)OC(=O)[C@H](C)NC(=O)OC(C)(C)C. The summed E-state index contributed by atoms with van der Waals surface area (Å²) in [6, 6.07) is 3.56. The summed E-state index contributed by atoms with van der Waals surface area (Å²) in [6.07, 6.45) is -1.31. The molecule has 152 valence electrons. The molecule has 27 heavy (non-hydrogen) atoms. The number of ether oxygens (including phenoxy) is 2. The molecule has 7 heteroatoms. The van der Waals surface area contributed by atoms with E-state index in [1.54, 1.807) is 39.8 Å². The fraction of sp³-hybridized carbons (Fsp3) is 0.600. The minimum atomic E-state index is -0.898. The maximum Gasteiger partial charge on any atom is 0.408 e. The third kappa shape index (κ3) is 7.37. The fourth-order valence-corrected chi connectivity index (χ4v) is 2.99. The van der Waals surface area contributed by atoms with Gasteiger partial charge in [-0.1, -0.05) is 31.5 Å². The Bertz CT molecular complexity index is 672. The number of halogens is 2. The number of nitrogens with one attached hydrogen (secondary N) is 1. The molecule has 0 aliphatic carbocycles. The summed E-state index contributed by atoms with van der Waals surface area (Å²) in [6.45, 7) is 12.2. The Balaban J connectivity index is 2.82. The Morgan fingerprint density at radius 1 is 1.15 bits per heavy atom. The molecule has 1 rings (SSSR count). The number of hydrogen-bond acceptors (Lipinski definition) is 4. The summed E-state index contributed by atoms with van der Waals surface area (Å²) in [5.41, 5.74) is -0.238. The fourth-order valence-electron chi connectivity index (χ4n) is 2.83. The first-order valence-corrected chi connectivity index (χ1v) is 9.34. The topological polar surface area (TPSA) is 64.6 Å². The van der Waals surface area contributed by atoms with Gasteiger partial charge in [-0.2, -0.15) is 0 Å². The van der Waals surface area contributed by atoms with Crippen molar-refractivity contribution in [3.8, 4) is 0 Å². The number of esters is 1. The lowest BCUT2D eigenvalue weighted by molar-refractivity contribution is -0.152. The van der Waals surface area contributed by atoms with Gasteiger partial charge in [0.25, 0.3) is 0 Å². The molecule has 0 aliphatic heterocycles. The van der Waals surface area contributed by atoms with E-state index in [1.165, 1.54) is 13.0 Å². The third-order valence-corrected chi connectivity index (χ3v) is 4.17. The van der Waals surface area contributed by atoms with E-state index in [1.807, 2.05) is 13.8 Å². The van der Waals surface area contributed by atoms with Crippen LogP contribution in [0.15, 0.2) is 18.2 Å². The lowest BCUT2D eigenvalue weighted by atomic mass is 9.84. The Morgan fingerprint density at radius 2 is 1.74 bits per heavy atom. The lowest BCUT2D eigenvalue weighted by Crippen LogP contribution is -2.43. The molecule has 0 radical (unpaired) electrons. The second-order valence-electron chi connectivity index (χ2n) is 7.95.